The van der Waals surface area contributed by atoms with E-state index in [1.165, 1.54) is 18.9 Å². The maximum absolute atomic E-state index is 14.8. The molecule has 10 rings (SSSR count). The van der Waals surface area contributed by atoms with E-state index in [-0.39, 0.29) is 59.0 Å². The van der Waals surface area contributed by atoms with Gasteiger partial charge in [0.15, 0.2) is 40.0 Å². The van der Waals surface area contributed by atoms with E-state index in [4.69, 9.17) is 36.6 Å². The number of aliphatic hydroxyl groups excluding tert-OH is 1. The first kappa shape index (κ1) is 29.0. The van der Waals surface area contributed by atoms with Crippen LogP contribution < -0.4 is 29.0 Å². The number of thioether (sulfide) groups is 1. The number of fused-ring (bicyclic) bond motifs is 9. The van der Waals surface area contributed by atoms with E-state index in [1.54, 1.807) is 37.1 Å². The molecule has 0 aliphatic carbocycles. The van der Waals surface area contributed by atoms with E-state index in [9.17, 15) is 24.9 Å². The topological polar surface area (TPSA) is 169 Å². The molecule has 7 heterocycles. The molecule has 7 atom stereocenters. The van der Waals surface area contributed by atoms with Gasteiger partial charge in [-0.15, -0.1) is 11.8 Å². The number of nitrogens with one attached hydrogen (secondary N) is 1. The molecule has 2 fully saturated rings. The summed E-state index contributed by atoms with van der Waals surface area (Å²) in [5.74, 6) is -2.61. The van der Waals surface area contributed by atoms with Gasteiger partial charge in [-0.2, -0.15) is 0 Å². The molecule has 286 valence electrons. The number of esters is 2. The minimum Gasteiger partial charge on any atom is -0.504 e. The smallest absolute Gasteiger partial charge is 0.331 e. The van der Waals surface area contributed by atoms with E-state index in [1.807, 2.05) is 4.90 Å². The quantitative estimate of drug-likeness (QED) is 0.226. The fourth-order valence-corrected chi connectivity index (χ4v) is 11.4. The second-order valence-corrected chi connectivity index (χ2v) is 15.7. The van der Waals surface area contributed by atoms with Gasteiger partial charge in [0, 0.05) is 51.6 Å². The summed E-state index contributed by atoms with van der Waals surface area (Å²) in [5, 5.41) is 37.9. The summed E-state index contributed by atoms with van der Waals surface area (Å²) in [6.45, 7) is -0.616. The van der Waals surface area contributed by atoms with Crippen molar-refractivity contribution < 1.29 is 61.6 Å². The number of benzene rings is 3. The lowest BCUT2D eigenvalue weighted by molar-refractivity contribution is -0.186. The fourth-order valence-electron chi connectivity index (χ4n) is 9.68. The summed E-state index contributed by atoms with van der Waals surface area (Å²) >= 11 is 1.21. The molecule has 3 aromatic rings. The molecule has 0 aromatic heterocycles. The summed E-state index contributed by atoms with van der Waals surface area (Å²) in [4.78, 5) is 31.5. The van der Waals surface area contributed by atoms with Crippen molar-refractivity contribution in [3.05, 3.63) is 62.7 Å². The van der Waals surface area contributed by atoms with Crippen molar-refractivity contribution in [2.24, 2.45) is 0 Å². The lowest BCUT2D eigenvalue weighted by Crippen LogP contribution is -2.70. The van der Waals surface area contributed by atoms with E-state index >= 15 is 0 Å². The largest absolute Gasteiger partial charge is 0.504 e. The number of carbonyl (C=O) groups is 2. The molecule has 3 aromatic carbocycles. The van der Waals surface area contributed by atoms with Crippen molar-refractivity contribution in [3.63, 3.8) is 0 Å². The maximum atomic E-state index is 14.8. The highest BCUT2D eigenvalue weighted by molar-refractivity contribution is 7.99. The van der Waals surface area contributed by atoms with Crippen LogP contribution in [-0.4, -0.2) is 102 Å². The molecule has 0 radical (unpaired) electrons. The Morgan fingerprint density at radius 1 is 1.09 bits per heavy atom. The lowest BCUT2D eigenvalue weighted by Gasteiger charge is -2.62. The molecule has 0 saturated carbocycles. The third kappa shape index (κ3) is 4.74. The summed E-state index contributed by atoms with van der Waals surface area (Å²) in [6.07, 6.45) is -0.591. The van der Waals surface area contributed by atoms with Gasteiger partial charge in [0.2, 0.25) is 6.79 Å². The number of hydrogen-bond acceptors (Lipinski definition) is 15. The number of carbonyl (C=O) groups excluding carboxylic acids is 2. The lowest BCUT2D eigenvalue weighted by atomic mass is 9.73. The van der Waals surface area contributed by atoms with Gasteiger partial charge in [-0.3, -0.25) is 19.9 Å². The molecule has 14 nitrogen and oxygen atoms in total. The van der Waals surface area contributed by atoms with Gasteiger partial charge in [0.05, 0.1) is 41.6 Å². The number of phenolic OH excluding ortho intramolecular Hbond substituents is 2. The molecule has 7 aliphatic rings. The first-order valence-electron chi connectivity index (χ1n) is 20.6. The molecule has 7 aliphatic heterocycles. The first-order valence-corrected chi connectivity index (χ1v) is 18.7. The average Bonchev–Trinajstić information content (AvgIpc) is 3.64. The molecule has 0 amide bonds. The third-order valence-corrected chi connectivity index (χ3v) is 13.4. The minimum atomic E-state index is -2.91. The third-order valence-electron chi connectivity index (χ3n) is 11.9. The Hall–Kier alpha value is -4.41. The van der Waals surface area contributed by atoms with Crippen LogP contribution in [0.2, 0.25) is 0 Å². The number of ether oxygens (including phenoxy) is 6. The molecule has 15 heteroatoms. The number of hydrogen-bond donors (Lipinski definition) is 4. The number of rotatable bonds is 3. The molecule has 4 bridgehead atoms. The zero-order valence-corrected chi connectivity index (χ0v) is 30.7. The zero-order chi connectivity index (χ0) is 43.0. The Bertz CT molecular complexity index is 2350. The SMILES string of the molecule is [2H]C([2H])([2H])Oc1c(C)cc2c(c1O)[C@@H]1[C@@H]3[C@H]4SC[C@@]5(NCCc6cc(O)c(OC)cc65)C(=O)OC[C@@H](c5c6c(c(C([2H])([2H])[2H])c(OC(C)=O)c54)OCO6)N3[C@@H](O)[C@H](C2)N1C. The Labute approximate surface area is 324 Å². The maximum Gasteiger partial charge on any atom is 0.331 e. The number of methoxy groups -OCH3 is 2. The predicted octanol–water partition coefficient (Wildman–Crippen LogP) is 3.41. The summed E-state index contributed by atoms with van der Waals surface area (Å²) < 4.78 is 84.8. The van der Waals surface area contributed by atoms with Crippen LogP contribution in [0.5, 0.6) is 40.2 Å². The normalized spacial score (nSPS) is 31.5. The van der Waals surface area contributed by atoms with Gasteiger partial charge in [0.25, 0.3) is 0 Å². The molecular formula is C39H43N3O11S. The van der Waals surface area contributed by atoms with Crippen LogP contribution in [0.4, 0.5) is 0 Å². The van der Waals surface area contributed by atoms with Gasteiger partial charge >= 0.3 is 11.9 Å². The highest BCUT2D eigenvalue weighted by Gasteiger charge is 2.61. The number of phenols is 2. The van der Waals surface area contributed by atoms with Crippen LogP contribution in [-0.2, 0) is 32.7 Å². The van der Waals surface area contributed by atoms with Crippen LogP contribution in [0.1, 0.15) is 77.0 Å². The van der Waals surface area contributed by atoms with Crippen molar-refractivity contribution in [3.8, 4) is 40.2 Å². The van der Waals surface area contributed by atoms with Crippen LogP contribution >= 0.6 is 11.8 Å². The highest BCUT2D eigenvalue weighted by atomic mass is 32.2. The molecular weight excluding hydrogens is 719 g/mol. The summed E-state index contributed by atoms with van der Waals surface area (Å²) in [5.41, 5.74) is 1.09. The van der Waals surface area contributed by atoms with Crippen LogP contribution in [0.3, 0.4) is 0 Å². The molecule has 1 spiro atoms. The van der Waals surface area contributed by atoms with Crippen molar-refractivity contribution >= 4 is 23.7 Å². The molecule has 54 heavy (non-hydrogen) atoms. The van der Waals surface area contributed by atoms with Crippen molar-refractivity contribution in [1.82, 2.24) is 15.1 Å². The number of aromatic hydroxyl groups is 2. The van der Waals surface area contributed by atoms with E-state index < -0.39 is 84.9 Å². The average molecular weight is 768 g/mol. The van der Waals surface area contributed by atoms with E-state index in [0.717, 1.165) is 6.92 Å². The second kappa shape index (κ2) is 12.6. The summed E-state index contributed by atoms with van der Waals surface area (Å²) in [6, 6.07) is 1.40. The minimum absolute atomic E-state index is 0.0392. The van der Waals surface area contributed by atoms with Crippen LogP contribution in [0.25, 0.3) is 0 Å². The number of nitrogens with zero attached hydrogens (tertiary/aromatic N) is 2. The van der Waals surface area contributed by atoms with Gasteiger partial charge in [0.1, 0.15) is 18.6 Å². The predicted molar refractivity (Wildman–Crippen MR) is 195 cm³/mol. The first-order chi connectivity index (χ1) is 28.3. The zero-order valence-electron chi connectivity index (χ0n) is 35.8. The Morgan fingerprint density at radius 3 is 2.67 bits per heavy atom. The van der Waals surface area contributed by atoms with Gasteiger partial charge in [-0.05, 0) is 68.1 Å². The fraction of sp³-hybridized carbons (Fsp3) is 0.487. The molecule has 4 N–H and O–H groups in total. The number of aryl methyl sites for hydroxylation is 1. The van der Waals surface area contributed by atoms with Crippen LogP contribution in [0, 0.1) is 13.8 Å². The monoisotopic (exact) mass is 767 g/mol. The number of likely N-dealkylation sites (N-methyl/N-ethyl adjacent to an activating group) is 1. The van der Waals surface area contributed by atoms with Gasteiger partial charge in [-0.25, -0.2) is 4.79 Å². The summed E-state index contributed by atoms with van der Waals surface area (Å²) in [7, 11) is 0.261. The molecule has 2 saturated heterocycles. The van der Waals surface area contributed by atoms with Crippen molar-refractivity contribution in [2.45, 2.75) is 74.7 Å². The Kier molecular flexibility index (Phi) is 6.74. The number of piperazine rings is 1. The number of aliphatic hydroxyl groups is 1. The molecule has 0 unspecified atom stereocenters. The standard InChI is InChI=1S/C39H43N3O11S/c1-16-9-20-10-22-37(46)42-23-13-50-38(47)39(21-12-25(48-5)24(44)11-19(21)7-8-40-39)14-54-36(30(42)29(41(22)4)26(20)31(45)32(16)49-6)28-27(23)35-34(51-15-52-35)17(2)33(28)53-18(3)43/h9,11-12,22-23,29-30,36-37,40,44-46H,7-8,10,13-15H2,1-6H3/t22-,23-,29+,30+,36-,37-,39-/m0/s1/i2D3,6D3. The van der Waals surface area contributed by atoms with Crippen LogP contribution in [0.15, 0.2) is 18.2 Å². The van der Waals surface area contributed by atoms with Crippen molar-refractivity contribution in [2.75, 3.05) is 46.9 Å². The van der Waals surface area contributed by atoms with E-state index in [0.29, 0.717) is 46.3 Å². The Balaban J connectivity index is 1.35. The van der Waals surface area contributed by atoms with E-state index in [2.05, 4.69) is 5.32 Å². The highest BCUT2D eigenvalue weighted by Crippen LogP contribution is 2.64. The Morgan fingerprint density at radius 2 is 1.91 bits per heavy atom. The van der Waals surface area contributed by atoms with Gasteiger partial charge < -0.3 is 43.7 Å². The second-order valence-electron chi connectivity index (χ2n) is 14.6. The van der Waals surface area contributed by atoms with Crippen molar-refractivity contribution in [1.29, 1.82) is 0 Å². The van der Waals surface area contributed by atoms with Gasteiger partial charge in [-0.1, -0.05) is 6.07 Å².